The molecule has 9 heteroatoms. The van der Waals surface area contributed by atoms with Crippen LogP contribution in [0.4, 0.5) is 0 Å². The van der Waals surface area contributed by atoms with Crippen molar-refractivity contribution in [2.24, 2.45) is 17.3 Å². The number of aliphatic hydroxyl groups is 1. The first-order valence-electron chi connectivity index (χ1n) is 13.1. The van der Waals surface area contributed by atoms with Crippen molar-refractivity contribution in [3.05, 3.63) is 12.7 Å². The molecular formula is C27H43BrN2O6. The molecule has 36 heavy (non-hydrogen) atoms. The van der Waals surface area contributed by atoms with Gasteiger partial charge in [-0.15, -0.1) is 6.58 Å². The maximum atomic E-state index is 14.5. The zero-order valence-corrected chi connectivity index (χ0v) is 24.2. The summed E-state index contributed by atoms with van der Waals surface area (Å²) in [6.07, 6.45) is 3.46. The van der Waals surface area contributed by atoms with Crippen molar-refractivity contribution in [2.45, 2.75) is 95.3 Å². The summed E-state index contributed by atoms with van der Waals surface area (Å²) in [5.41, 5.74) is -1.65. The molecule has 1 N–H and O–H groups in total. The summed E-state index contributed by atoms with van der Waals surface area (Å²) in [4.78, 5) is 44.7. The Morgan fingerprint density at radius 2 is 1.97 bits per heavy atom. The number of ether oxygens (including phenoxy) is 2. The molecule has 0 aromatic rings. The lowest BCUT2D eigenvalue weighted by Crippen LogP contribution is -2.61. The van der Waals surface area contributed by atoms with E-state index in [-0.39, 0.29) is 35.3 Å². The summed E-state index contributed by atoms with van der Waals surface area (Å²) in [5.74, 6) is -2.41. The molecule has 3 heterocycles. The van der Waals surface area contributed by atoms with E-state index in [0.717, 1.165) is 6.42 Å². The summed E-state index contributed by atoms with van der Waals surface area (Å²) in [5, 5.41) is 9.35. The molecule has 3 saturated heterocycles. The van der Waals surface area contributed by atoms with E-state index in [9.17, 15) is 19.5 Å². The van der Waals surface area contributed by atoms with Crippen LogP contribution in [-0.4, -0.2) is 87.1 Å². The molecule has 2 bridgehead atoms. The molecule has 0 radical (unpaired) electrons. The second-order valence-electron chi connectivity index (χ2n) is 12.2. The highest BCUT2D eigenvalue weighted by Crippen LogP contribution is 2.60. The van der Waals surface area contributed by atoms with Gasteiger partial charge < -0.3 is 24.4 Å². The highest BCUT2D eigenvalue weighted by molar-refractivity contribution is 9.09. The lowest BCUT2D eigenvalue weighted by molar-refractivity contribution is -0.155. The number of hydrogen-bond acceptors (Lipinski definition) is 6. The molecule has 1 spiro atoms. The number of unbranched alkanes of at least 4 members (excludes halogenated alkanes) is 1. The molecule has 8 nitrogen and oxygen atoms in total. The maximum absolute atomic E-state index is 14.5. The number of esters is 1. The van der Waals surface area contributed by atoms with E-state index in [2.05, 4.69) is 43.3 Å². The molecule has 0 saturated carbocycles. The third-order valence-electron chi connectivity index (χ3n) is 7.66. The van der Waals surface area contributed by atoms with E-state index in [1.54, 1.807) is 17.9 Å². The minimum Gasteiger partial charge on any atom is -0.466 e. The number of aliphatic hydroxyl groups excluding tert-OH is 1. The lowest BCUT2D eigenvalue weighted by atomic mass is 9.70. The molecule has 204 valence electrons. The topological polar surface area (TPSA) is 96.4 Å². The molecule has 3 fully saturated rings. The van der Waals surface area contributed by atoms with Crippen LogP contribution in [0.1, 0.15) is 67.2 Å². The first-order valence-corrected chi connectivity index (χ1v) is 14.0. The Morgan fingerprint density at radius 3 is 2.53 bits per heavy atom. The van der Waals surface area contributed by atoms with Crippen LogP contribution in [0.3, 0.4) is 0 Å². The Hall–Kier alpha value is -1.45. The van der Waals surface area contributed by atoms with Crippen LogP contribution in [0.2, 0.25) is 0 Å². The number of carbonyl (C=O) groups excluding carboxylic acids is 3. The van der Waals surface area contributed by atoms with Gasteiger partial charge in [-0.05, 0) is 51.9 Å². The number of hydrogen-bond donors (Lipinski definition) is 1. The predicted octanol–water partition coefficient (Wildman–Crippen LogP) is 3.30. The third kappa shape index (κ3) is 5.12. The number of halogens is 1. The highest BCUT2D eigenvalue weighted by atomic mass is 79.9. The van der Waals surface area contributed by atoms with Crippen LogP contribution in [0, 0.1) is 17.3 Å². The van der Waals surface area contributed by atoms with Crippen molar-refractivity contribution >= 4 is 33.7 Å². The number of fused-ring (bicyclic) bond motifs is 1. The fourth-order valence-corrected chi connectivity index (χ4v) is 7.80. The summed E-state index contributed by atoms with van der Waals surface area (Å²) >= 11 is 3.68. The van der Waals surface area contributed by atoms with Crippen molar-refractivity contribution in [1.29, 1.82) is 0 Å². The van der Waals surface area contributed by atoms with Crippen LogP contribution in [0.25, 0.3) is 0 Å². The number of alkyl halides is 1. The Kier molecular flexibility index (Phi) is 8.68. The summed E-state index contributed by atoms with van der Waals surface area (Å²) in [6.45, 7) is 17.0. The second kappa shape index (κ2) is 10.7. The number of nitrogens with zero attached hydrogens (tertiary/aromatic N) is 2. The number of likely N-dealkylation sites (tertiary alicyclic amines) is 1. The van der Waals surface area contributed by atoms with Gasteiger partial charge in [-0.25, -0.2) is 0 Å². The Labute approximate surface area is 223 Å². The molecule has 3 aliphatic rings. The molecule has 0 aromatic heterocycles. The normalized spacial score (nSPS) is 31.5. The van der Waals surface area contributed by atoms with Gasteiger partial charge in [0.25, 0.3) is 0 Å². The van der Waals surface area contributed by atoms with Gasteiger partial charge in [0.05, 0.1) is 24.5 Å². The van der Waals surface area contributed by atoms with Gasteiger partial charge in [0.2, 0.25) is 11.8 Å². The Balaban J connectivity index is 2.08. The lowest BCUT2D eigenvalue weighted by Gasteiger charge is -2.45. The van der Waals surface area contributed by atoms with E-state index in [1.165, 1.54) is 0 Å². The van der Waals surface area contributed by atoms with Crippen LogP contribution >= 0.6 is 15.9 Å². The zero-order valence-electron chi connectivity index (χ0n) is 22.6. The minimum atomic E-state index is -1.11. The van der Waals surface area contributed by atoms with Crippen LogP contribution in [0.5, 0.6) is 0 Å². The van der Waals surface area contributed by atoms with Crippen LogP contribution in [0.15, 0.2) is 12.7 Å². The molecule has 3 unspecified atom stereocenters. The van der Waals surface area contributed by atoms with Crippen LogP contribution < -0.4 is 0 Å². The van der Waals surface area contributed by atoms with Crippen molar-refractivity contribution in [3.63, 3.8) is 0 Å². The largest absolute Gasteiger partial charge is 0.466 e. The molecule has 0 aromatic carbocycles. The number of amides is 2. The fraction of sp³-hybridized carbons (Fsp3) is 0.815. The standard InChI is InChI=1S/C27H43BrN2O6/c1-8-12-30(26(6,7)16-25(3,4)5)23(33)21-27-15-17(28)20(36-27)18(24(34)35-9-2)19(27)22(32)29(21)13-10-11-14-31/h8,17-21,31H,1,9-16H2,2-7H3/t17?,18-,19-,20-,21?,27?/m0/s1. The van der Waals surface area contributed by atoms with Crippen molar-refractivity contribution in [3.8, 4) is 0 Å². The molecule has 3 rings (SSSR count). The smallest absolute Gasteiger partial charge is 0.312 e. The molecular weight excluding hydrogens is 528 g/mol. The number of rotatable bonds is 11. The predicted molar refractivity (Wildman–Crippen MR) is 140 cm³/mol. The average molecular weight is 572 g/mol. The molecule has 3 aliphatic heterocycles. The molecule has 6 atom stereocenters. The summed E-state index contributed by atoms with van der Waals surface area (Å²) in [7, 11) is 0. The monoisotopic (exact) mass is 570 g/mol. The van der Waals surface area contributed by atoms with E-state index in [1.807, 2.05) is 18.7 Å². The first-order chi connectivity index (χ1) is 16.8. The zero-order chi connectivity index (χ0) is 27.1. The number of carbonyl (C=O) groups is 3. The highest BCUT2D eigenvalue weighted by Gasteiger charge is 2.77. The Bertz CT molecular complexity index is 871. The average Bonchev–Trinajstić information content (AvgIpc) is 3.34. The van der Waals surface area contributed by atoms with Gasteiger partial charge >= 0.3 is 5.97 Å². The first kappa shape index (κ1) is 29.1. The van der Waals surface area contributed by atoms with Gasteiger partial charge in [-0.2, -0.15) is 0 Å². The summed E-state index contributed by atoms with van der Waals surface area (Å²) < 4.78 is 11.9. The SMILES string of the molecule is C=CCN(C(=O)C1N(CCCCO)C(=O)[C@@H]2[C@H](C(=O)OCC)[C@H]3OC12CC3Br)C(C)(C)CC(C)(C)C. The van der Waals surface area contributed by atoms with Gasteiger partial charge in [0, 0.05) is 30.1 Å². The van der Waals surface area contributed by atoms with Crippen molar-refractivity contribution in [2.75, 3.05) is 26.3 Å². The fourth-order valence-electron chi connectivity index (χ4n) is 6.86. The second-order valence-corrected chi connectivity index (χ2v) is 13.3. The quantitative estimate of drug-likeness (QED) is 0.177. The minimum absolute atomic E-state index is 0.00389. The van der Waals surface area contributed by atoms with Crippen molar-refractivity contribution in [1.82, 2.24) is 9.80 Å². The van der Waals surface area contributed by atoms with E-state index in [4.69, 9.17) is 9.47 Å². The van der Waals surface area contributed by atoms with E-state index < -0.39 is 41.1 Å². The van der Waals surface area contributed by atoms with E-state index in [0.29, 0.717) is 32.4 Å². The van der Waals surface area contributed by atoms with Gasteiger partial charge in [-0.3, -0.25) is 14.4 Å². The van der Waals surface area contributed by atoms with E-state index >= 15 is 0 Å². The van der Waals surface area contributed by atoms with Gasteiger partial charge in [0.15, 0.2) is 0 Å². The van der Waals surface area contributed by atoms with Gasteiger partial charge in [0.1, 0.15) is 11.6 Å². The maximum Gasteiger partial charge on any atom is 0.312 e. The third-order valence-corrected chi connectivity index (χ3v) is 8.51. The van der Waals surface area contributed by atoms with Crippen LogP contribution in [-0.2, 0) is 23.9 Å². The Morgan fingerprint density at radius 1 is 1.31 bits per heavy atom. The van der Waals surface area contributed by atoms with Gasteiger partial charge in [-0.1, -0.05) is 42.8 Å². The summed E-state index contributed by atoms with van der Waals surface area (Å²) in [6, 6.07) is -0.864. The molecule has 0 aliphatic carbocycles. The van der Waals surface area contributed by atoms with Crippen molar-refractivity contribution < 1.29 is 29.0 Å². The molecule has 2 amide bonds.